The fourth-order valence-corrected chi connectivity index (χ4v) is 2.29. The van der Waals surface area contributed by atoms with Gasteiger partial charge in [-0.3, -0.25) is 0 Å². The molecule has 1 heterocycles. The van der Waals surface area contributed by atoms with Gasteiger partial charge in [0.15, 0.2) is 0 Å². The maximum atomic E-state index is 6.34. The van der Waals surface area contributed by atoms with Crippen molar-refractivity contribution in [2.24, 2.45) is 5.73 Å². The molecule has 0 saturated heterocycles. The summed E-state index contributed by atoms with van der Waals surface area (Å²) < 4.78 is 7.72. The fraction of sp³-hybridized carbons (Fsp3) is 0.471. The predicted molar refractivity (Wildman–Crippen MR) is 85.0 cm³/mol. The molecule has 2 rings (SSSR count). The molecule has 4 heteroatoms. The van der Waals surface area contributed by atoms with Crippen LogP contribution in [-0.2, 0) is 11.3 Å². The van der Waals surface area contributed by atoms with Crippen LogP contribution in [0.3, 0.4) is 0 Å². The molecule has 2 aromatic rings. The largest absolute Gasteiger partial charge is 0.381 e. The van der Waals surface area contributed by atoms with E-state index in [2.05, 4.69) is 28.6 Å². The molecule has 4 nitrogen and oxygen atoms in total. The minimum atomic E-state index is -0.130. The Balaban J connectivity index is 1.87. The van der Waals surface area contributed by atoms with Gasteiger partial charge < -0.3 is 15.0 Å². The van der Waals surface area contributed by atoms with Gasteiger partial charge in [-0.15, -0.1) is 0 Å². The van der Waals surface area contributed by atoms with Crippen molar-refractivity contribution >= 4 is 0 Å². The van der Waals surface area contributed by atoms with Crippen molar-refractivity contribution < 1.29 is 4.74 Å². The van der Waals surface area contributed by atoms with E-state index in [1.54, 1.807) is 0 Å². The number of hydrogen-bond donors (Lipinski definition) is 1. The van der Waals surface area contributed by atoms with Gasteiger partial charge >= 0.3 is 0 Å². The summed E-state index contributed by atoms with van der Waals surface area (Å²) >= 11 is 0. The normalized spacial score (nSPS) is 12.5. The minimum Gasteiger partial charge on any atom is -0.381 e. The molecular formula is C17H25N3O. The summed E-state index contributed by atoms with van der Waals surface area (Å²) in [5.41, 5.74) is 8.50. The van der Waals surface area contributed by atoms with Gasteiger partial charge in [0, 0.05) is 19.8 Å². The van der Waals surface area contributed by atoms with Gasteiger partial charge in [0.2, 0.25) is 0 Å². The average molecular weight is 287 g/mol. The van der Waals surface area contributed by atoms with Crippen molar-refractivity contribution in [1.82, 2.24) is 9.55 Å². The quantitative estimate of drug-likeness (QED) is 0.721. The summed E-state index contributed by atoms with van der Waals surface area (Å²) in [5.74, 6) is 0. The molecule has 1 aromatic carbocycles. The first kappa shape index (κ1) is 15.7. The van der Waals surface area contributed by atoms with E-state index in [9.17, 15) is 0 Å². The molecule has 0 spiro atoms. The highest BCUT2D eigenvalue weighted by Gasteiger charge is 2.13. The van der Waals surface area contributed by atoms with Crippen LogP contribution >= 0.6 is 0 Å². The van der Waals surface area contributed by atoms with E-state index in [-0.39, 0.29) is 6.04 Å². The zero-order chi connectivity index (χ0) is 14.9. The van der Waals surface area contributed by atoms with Gasteiger partial charge in [-0.1, -0.05) is 43.7 Å². The van der Waals surface area contributed by atoms with E-state index in [0.29, 0.717) is 0 Å². The van der Waals surface area contributed by atoms with E-state index in [1.807, 2.05) is 30.7 Å². The molecule has 0 aliphatic heterocycles. The van der Waals surface area contributed by atoms with Crippen LogP contribution in [0.5, 0.6) is 0 Å². The van der Waals surface area contributed by atoms with Crippen LogP contribution < -0.4 is 5.73 Å². The Labute approximate surface area is 127 Å². The summed E-state index contributed by atoms with van der Waals surface area (Å²) in [4.78, 5) is 4.24. The predicted octanol–water partition coefficient (Wildman–Crippen LogP) is 3.14. The lowest BCUT2D eigenvalue weighted by Crippen LogP contribution is -2.17. The van der Waals surface area contributed by atoms with Crippen LogP contribution in [0.25, 0.3) is 0 Å². The number of unbranched alkanes of at least 4 members (excludes halogenated alkanes) is 1. The number of imidazole rings is 1. The number of benzene rings is 1. The second-order valence-corrected chi connectivity index (χ2v) is 5.22. The first-order valence-electron chi connectivity index (χ1n) is 7.71. The number of ether oxygens (including phenoxy) is 1. The first-order chi connectivity index (χ1) is 10.3. The molecular weight excluding hydrogens is 262 g/mol. The van der Waals surface area contributed by atoms with Crippen molar-refractivity contribution in [3.63, 3.8) is 0 Å². The molecule has 21 heavy (non-hydrogen) atoms. The smallest absolute Gasteiger partial charge is 0.0948 e. The Hall–Kier alpha value is -1.65. The second-order valence-electron chi connectivity index (χ2n) is 5.22. The van der Waals surface area contributed by atoms with Crippen molar-refractivity contribution in [2.45, 2.75) is 38.8 Å². The van der Waals surface area contributed by atoms with Gasteiger partial charge in [0.1, 0.15) is 0 Å². The van der Waals surface area contributed by atoms with E-state index >= 15 is 0 Å². The third kappa shape index (κ3) is 4.69. The molecule has 1 aromatic heterocycles. The fourth-order valence-electron chi connectivity index (χ4n) is 2.29. The van der Waals surface area contributed by atoms with E-state index in [4.69, 9.17) is 10.5 Å². The Morgan fingerprint density at radius 2 is 1.95 bits per heavy atom. The number of aromatic nitrogens is 2. The minimum absolute atomic E-state index is 0.130. The van der Waals surface area contributed by atoms with Gasteiger partial charge in [-0.25, -0.2) is 4.98 Å². The maximum absolute atomic E-state index is 6.34. The van der Waals surface area contributed by atoms with Crippen molar-refractivity contribution in [1.29, 1.82) is 0 Å². The Morgan fingerprint density at radius 3 is 2.71 bits per heavy atom. The number of nitrogens with two attached hydrogens (primary N) is 1. The van der Waals surface area contributed by atoms with Gasteiger partial charge in [-0.2, -0.15) is 0 Å². The van der Waals surface area contributed by atoms with Crippen molar-refractivity contribution in [3.05, 3.63) is 54.1 Å². The molecule has 0 bridgehead atoms. The average Bonchev–Trinajstić information content (AvgIpc) is 2.99. The molecule has 1 atom stereocenters. The third-order valence-corrected chi connectivity index (χ3v) is 3.55. The van der Waals surface area contributed by atoms with Crippen molar-refractivity contribution in [2.75, 3.05) is 13.2 Å². The van der Waals surface area contributed by atoms with Crippen LogP contribution in [0.15, 0.2) is 42.9 Å². The number of hydrogen-bond acceptors (Lipinski definition) is 3. The third-order valence-electron chi connectivity index (χ3n) is 3.55. The highest BCUT2D eigenvalue weighted by Crippen LogP contribution is 2.19. The van der Waals surface area contributed by atoms with E-state index in [0.717, 1.165) is 43.9 Å². The monoisotopic (exact) mass is 287 g/mol. The molecule has 0 aliphatic rings. The molecule has 0 radical (unpaired) electrons. The molecule has 0 amide bonds. The molecule has 114 valence electrons. The molecule has 0 saturated carbocycles. The lowest BCUT2D eigenvalue weighted by Gasteiger charge is -2.15. The SMILES string of the molecule is CCCCOCCCn1cncc1C(N)c1ccccc1. The summed E-state index contributed by atoms with van der Waals surface area (Å²) in [6.45, 7) is 4.71. The second kappa shape index (κ2) is 8.60. The molecule has 0 aliphatic carbocycles. The summed E-state index contributed by atoms with van der Waals surface area (Å²) in [6, 6.07) is 10.00. The van der Waals surface area contributed by atoms with Crippen LogP contribution in [0.2, 0.25) is 0 Å². The Kier molecular flexibility index (Phi) is 6.44. The van der Waals surface area contributed by atoms with Crippen LogP contribution in [0.1, 0.15) is 43.5 Å². The highest BCUT2D eigenvalue weighted by molar-refractivity contribution is 5.26. The Bertz CT molecular complexity index is 510. The topological polar surface area (TPSA) is 53.1 Å². The van der Waals surface area contributed by atoms with Crippen LogP contribution in [0, 0.1) is 0 Å². The van der Waals surface area contributed by atoms with Crippen LogP contribution in [-0.4, -0.2) is 22.8 Å². The van der Waals surface area contributed by atoms with Gasteiger partial charge in [-0.05, 0) is 18.4 Å². The van der Waals surface area contributed by atoms with E-state index in [1.165, 1.54) is 6.42 Å². The van der Waals surface area contributed by atoms with E-state index < -0.39 is 0 Å². The lowest BCUT2D eigenvalue weighted by molar-refractivity contribution is 0.126. The number of nitrogens with zero attached hydrogens (tertiary/aromatic N) is 2. The number of aryl methyl sites for hydroxylation is 1. The Morgan fingerprint density at radius 1 is 1.19 bits per heavy atom. The van der Waals surface area contributed by atoms with Crippen molar-refractivity contribution in [3.8, 4) is 0 Å². The lowest BCUT2D eigenvalue weighted by atomic mass is 10.1. The summed E-state index contributed by atoms with van der Waals surface area (Å²) in [7, 11) is 0. The zero-order valence-electron chi connectivity index (χ0n) is 12.7. The van der Waals surface area contributed by atoms with Gasteiger partial charge in [0.05, 0.1) is 24.3 Å². The van der Waals surface area contributed by atoms with Gasteiger partial charge in [0.25, 0.3) is 0 Å². The highest BCUT2D eigenvalue weighted by atomic mass is 16.5. The standard InChI is InChI=1S/C17H25N3O/c1-2-3-11-21-12-7-10-20-14-19-13-16(20)17(18)15-8-5-4-6-9-15/h4-6,8-9,13-14,17H,2-3,7,10-12,18H2,1H3. The molecule has 0 fully saturated rings. The maximum Gasteiger partial charge on any atom is 0.0948 e. The first-order valence-corrected chi connectivity index (χ1v) is 7.71. The molecule has 2 N–H and O–H groups in total. The molecule has 1 unspecified atom stereocenters. The summed E-state index contributed by atoms with van der Waals surface area (Å²) in [6.07, 6.45) is 7.00. The zero-order valence-corrected chi connectivity index (χ0v) is 12.7. The summed E-state index contributed by atoms with van der Waals surface area (Å²) in [5, 5.41) is 0. The van der Waals surface area contributed by atoms with Crippen LogP contribution in [0.4, 0.5) is 0 Å². The number of rotatable bonds is 9.